The Balaban J connectivity index is 1.88. The molecule has 0 aliphatic carbocycles. The third-order valence-corrected chi connectivity index (χ3v) is 4.45. The molecule has 2 aliphatic rings. The molecule has 0 spiro atoms. The Morgan fingerprint density at radius 2 is 1.88 bits per heavy atom. The van der Waals surface area contributed by atoms with Crippen LogP contribution in [-0.2, 0) is 0 Å². The van der Waals surface area contributed by atoms with Crippen LogP contribution in [0.4, 0.5) is 0 Å². The summed E-state index contributed by atoms with van der Waals surface area (Å²) in [5.74, 6) is 0. The maximum Gasteiger partial charge on any atom is 0.0223 e. The Morgan fingerprint density at radius 3 is 2.59 bits per heavy atom. The summed E-state index contributed by atoms with van der Waals surface area (Å²) in [5, 5.41) is 0. The van der Waals surface area contributed by atoms with Gasteiger partial charge in [-0.05, 0) is 44.3 Å². The van der Waals surface area contributed by atoms with Crippen molar-refractivity contribution in [3.8, 4) is 0 Å². The zero-order valence-electron chi connectivity index (χ0n) is 11.8. The van der Waals surface area contributed by atoms with E-state index in [2.05, 4.69) is 30.6 Å². The smallest absolute Gasteiger partial charge is 0.0223 e. The molecule has 2 N–H and O–H groups in total. The molecule has 2 aliphatic heterocycles. The number of hydrogen-bond donors (Lipinski definition) is 1. The van der Waals surface area contributed by atoms with Crippen LogP contribution >= 0.6 is 0 Å². The molecular formula is C14H29N3. The van der Waals surface area contributed by atoms with E-state index in [1.165, 1.54) is 45.4 Å². The topological polar surface area (TPSA) is 32.5 Å². The minimum absolute atomic E-state index is 0.224. The summed E-state index contributed by atoms with van der Waals surface area (Å²) in [7, 11) is 0. The van der Waals surface area contributed by atoms with Gasteiger partial charge in [0, 0.05) is 25.2 Å². The average molecular weight is 239 g/mol. The maximum absolute atomic E-state index is 6.31. The molecule has 2 unspecified atom stereocenters. The van der Waals surface area contributed by atoms with E-state index in [0.717, 1.165) is 12.6 Å². The van der Waals surface area contributed by atoms with E-state index in [-0.39, 0.29) is 11.5 Å². The summed E-state index contributed by atoms with van der Waals surface area (Å²) in [6.07, 6.45) is 4.10. The van der Waals surface area contributed by atoms with Crippen molar-refractivity contribution in [3.63, 3.8) is 0 Å². The van der Waals surface area contributed by atoms with E-state index in [4.69, 9.17) is 5.73 Å². The zero-order valence-corrected chi connectivity index (χ0v) is 11.8. The molecule has 0 aromatic rings. The predicted molar refractivity (Wildman–Crippen MR) is 73.1 cm³/mol. The van der Waals surface area contributed by atoms with Crippen LogP contribution in [0, 0.1) is 5.41 Å². The number of hydrogen-bond acceptors (Lipinski definition) is 3. The molecule has 3 heteroatoms. The largest absolute Gasteiger partial charge is 0.326 e. The highest BCUT2D eigenvalue weighted by Gasteiger charge is 2.30. The van der Waals surface area contributed by atoms with Gasteiger partial charge in [-0.3, -0.25) is 4.90 Å². The van der Waals surface area contributed by atoms with Crippen molar-refractivity contribution in [1.82, 2.24) is 9.80 Å². The van der Waals surface area contributed by atoms with Gasteiger partial charge < -0.3 is 10.6 Å². The summed E-state index contributed by atoms with van der Waals surface area (Å²) in [6.45, 7) is 12.9. The van der Waals surface area contributed by atoms with Crippen LogP contribution < -0.4 is 5.73 Å². The van der Waals surface area contributed by atoms with Gasteiger partial charge in [0.2, 0.25) is 0 Å². The molecule has 0 aromatic heterocycles. The number of rotatable bonds is 2. The third-order valence-electron chi connectivity index (χ3n) is 4.45. The van der Waals surface area contributed by atoms with E-state index in [1.54, 1.807) is 0 Å². The third kappa shape index (κ3) is 3.43. The highest BCUT2D eigenvalue weighted by atomic mass is 15.3. The molecule has 2 rings (SSSR count). The quantitative estimate of drug-likeness (QED) is 0.793. The second kappa shape index (κ2) is 5.25. The van der Waals surface area contributed by atoms with Crippen LogP contribution in [0.3, 0.4) is 0 Å². The summed E-state index contributed by atoms with van der Waals surface area (Å²) < 4.78 is 0. The molecule has 3 nitrogen and oxygen atoms in total. The highest BCUT2D eigenvalue weighted by Crippen LogP contribution is 2.23. The first kappa shape index (κ1) is 13.3. The van der Waals surface area contributed by atoms with E-state index in [9.17, 15) is 0 Å². The minimum atomic E-state index is 0.224. The first-order valence-electron chi connectivity index (χ1n) is 7.19. The lowest BCUT2D eigenvalue weighted by Gasteiger charge is -2.33. The van der Waals surface area contributed by atoms with Gasteiger partial charge in [-0.2, -0.15) is 0 Å². The first-order valence-corrected chi connectivity index (χ1v) is 7.19. The van der Waals surface area contributed by atoms with Gasteiger partial charge in [-0.1, -0.05) is 20.8 Å². The Kier molecular flexibility index (Phi) is 4.11. The fraction of sp³-hybridized carbons (Fsp3) is 1.00. The van der Waals surface area contributed by atoms with Crippen LogP contribution in [0.2, 0.25) is 0 Å². The molecule has 0 bridgehead atoms. The fourth-order valence-corrected chi connectivity index (χ4v) is 3.00. The van der Waals surface area contributed by atoms with Crippen LogP contribution in [0.5, 0.6) is 0 Å². The minimum Gasteiger partial charge on any atom is -0.326 e. The highest BCUT2D eigenvalue weighted by molar-refractivity contribution is 4.87. The molecule has 2 heterocycles. The zero-order chi connectivity index (χ0) is 12.5. The van der Waals surface area contributed by atoms with Crippen molar-refractivity contribution in [2.75, 3.05) is 32.7 Å². The molecule has 0 aromatic carbocycles. The standard InChI is InChI=1S/C14H29N3/c1-14(2,3)13(15)11-16-7-5-9-17-8-4-6-12(17)10-16/h12-13H,4-11,15H2,1-3H3. The summed E-state index contributed by atoms with van der Waals surface area (Å²) in [5.41, 5.74) is 6.54. The Bertz CT molecular complexity index is 246. The summed E-state index contributed by atoms with van der Waals surface area (Å²) in [6, 6.07) is 1.10. The van der Waals surface area contributed by atoms with Gasteiger partial charge in [0.25, 0.3) is 0 Å². The van der Waals surface area contributed by atoms with Gasteiger partial charge in [0.1, 0.15) is 0 Å². The SMILES string of the molecule is CC(C)(C)C(N)CN1CCCN2CCCC2C1. The van der Waals surface area contributed by atoms with Crippen LogP contribution in [0.15, 0.2) is 0 Å². The second-order valence-corrected chi connectivity index (χ2v) is 6.92. The molecule has 2 saturated heterocycles. The molecule has 0 amide bonds. The van der Waals surface area contributed by atoms with Crippen molar-refractivity contribution in [2.24, 2.45) is 11.1 Å². The molecule has 0 saturated carbocycles. The van der Waals surface area contributed by atoms with Crippen molar-refractivity contribution >= 4 is 0 Å². The average Bonchev–Trinajstić information content (AvgIpc) is 2.56. The lowest BCUT2D eigenvalue weighted by atomic mass is 9.87. The predicted octanol–water partition coefficient (Wildman–Crippen LogP) is 1.53. The Labute approximate surface area is 106 Å². The molecule has 2 fully saturated rings. The summed E-state index contributed by atoms with van der Waals surface area (Å²) in [4.78, 5) is 5.29. The second-order valence-electron chi connectivity index (χ2n) is 6.92. The number of nitrogens with two attached hydrogens (primary N) is 1. The van der Waals surface area contributed by atoms with Gasteiger partial charge in [0.15, 0.2) is 0 Å². The monoisotopic (exact) mass is 239 g/mol. The van der Waals surface area contributed by atoms with Crippen molar-refractivity contribution < 1.29 is 0 Å². The summed E-state index contributed by atoms with van der Waals surface area (Å²) >= 11 is 0. The lowest BCUT2D eigenvalue weighted by molar-refractivity contribution is 0.180. The molecule has 100 valence electrons. The van der Waals surface area contributed by atoms with E-state index in [1.807, 2.05) is 0 Å². The fourth-order valence-electron chi connectivity index (χ4n) is 3.00. The molecule has 2 atom stereocenters. The number of nitrogens with zero attached hydrogens (tertiary/aromatic N) is 2. The van der Waals surface area contributed by atoms with Gasteiger partial charge >= 0.3 is 0 Å². The first-order chi connectivity index (χ1) is 7.97. The van der Waals surface area contributed by atoms with Crippen LogP contribution in [0.25, 0.3) is 0 Å². The van der Waals surface area contributed by atoms with Crippen molar-refractivity contribution in [1.29, 1.82) is 0 Å². The van der Waals surface area contributed by atoms with Gasteiger partial charge in [-0.15, -0.1) is 0 Å². The Hall–Kier alpha value is -0.120. The van der Waals surface area contributed by atoms with E-state index in [0.29, 0.717) is 0 Å². The van der Waals surface area contributed by atoms with E-state index < -0.39 is 0 Å². The maximum atomic E-state index is 6.31. The molecule has 0 radical (unpaired) electrons. The van der Waals surface area contributed by atoms with Crippen molar-refractivity contribution in [3.05, 3.63) is 0 Å². The normalized spacial score (nSPS) is 30.0. The van der Waals surface area contributed by atoms with Crippen LogP contribution in [0.1, 0.15) is 40.0 Å². The van der Waals surface area contributed by atoms with Gasteiger partial charge in [0.05, 0.1) is 0 Å². The van der Waals surface area contributed by atoms with Crippen LogP contribution in [-0.4, -0.2) is 54.6 Å². The lowest BCUT2D eigenvalue weighted by Crippen LogP contribution is -2.47. The Morgan fingerprint density at radius 1 is 1.18 bits per heavy atom. The molecule has 17 heavy (non-hydrogen) atoms. The van der Waals surface area contributed by atoms with E-state index >= 15 is 0 Å². The van der Waals surface area contributed by atoms with Gasteiger partial charge in [-0.25, -0.2) is 0 Å². The number of fused-ring (bicyclic) bond motifs is 1. The molecular weight excluding hydrogens is 210 g/mol. The van der Waals surface area contributed by atoms with Crippen molar-refractivity contribution in [2.45, 2.75) is 52.1 Å².